The lowest BCUT2D eigenvalue weighted by atomic mass is 10.2. The third kappa shape index (κ3) is 3.89. The lowest BCUT2D eigenvalue weighted by Crippen LogP contribution is -2.43. The minimum atomic E-state index is -0.580. The van der Waals surface area contributed by atoms with Gasteiger partial charge in [-0.1, -0.05) is 11.6 Å². The molecular weight excluding hydrogens is 286 g/mol. The van der Waals surface area contributed by atoms with Crippen LogP contribution in [0.2, 0.25) is 5.02 Å². The number of anilines is 1. The highest BCUT2D eigenvalue weighted by atomic mass is 35.5. The smallest absolute Gasteiger partial charge is 0.294 e. The molecule has 1 aromatic carbocycles. The summed E-state index contributed by atoms with van der Waals surface area (Å²) in [5.74, 6) is -0.307. The second-order valence-electron chi connectivity index (χ2n) is 4.40. The molecule has 0 aromatic heterocycles. The minimum absolute atomic E-state index is 0.0740. The lowest BCUT2D eigenvalue weighted by molar-refractivity contribution is -0.383. The molecule has 0 radical (unpaired) electrons. The molecule has 1 amide bonds. The van der Waals surface area contributed by atoms with Gasteiger partial charge >= 0.3 is 0 Å². The number of morpholine rings is 1. The van der Waals surface area contributed by atoms with Gasteiger partial charge in [0, 0.05) is 30.1 Å². The predicted octanol–water partition coefficient (Wildman–Crippen LogP) is 1.57. The summed E-state index contributed by atoms with van der Waals surface area (Å²) in [5.41, 5.74) is -0.0835. The molecule has 2 N–H and O–H groups in total. The molecular formula is C12H14ClN3O4. The molecule has 1 unspecified atom stereocenters. The van der Waals surface area contributed by atoms with E-state index in [1.54, 1.807) is 0 Å². The summed E-state index contributed by atoms with van der Waals surface area (Å²) < 4.78 is 5.24. The zero-order valence-corrected chi connectivity index (χ0v) is 11.4. The Morgan fingerprint density at radius 3 is 3.05 bits per heavy atom. The van der Waals surface area contributed by atoms with Crippen molar-refractivity contribution in [3.63, 3.8) is 0 Å². The third-order valence-corrected chi connectivity index (χ3v) is 3.10. The van der Waals surface area contributed by atoms with Crippen LogP contribution < -0.4 is 10.6 Å². The summed E-state index contributed by atoms with van der Waals surface area (Å²) in [5, 5.41) is 16.8. The van der Waals surface area contributed by atoms with E-state index in [0.29, 0.717) is 19.8 Å². The van der Waals surface area contributed by atoms with Gasteiger partial charge in [0.2, 0.25) is 5.91 Å². The lowest BCUT2D eigenvalue weighted by Gasteiger charge is -2.23. The van der Waals surface area contributed by atoms with Gasteiger partial charge in [-0.2, -0.15) is 0 Å². The number of hydrogen-bond donors (Lipinski definition) is 2. The van der Waals surface area contributed by atoms with Crippen LogP contribution in [-0.2, 0) is 9.53 Å². The van der Waals surface area contributed by atoms with Crippen molar-refractivity contribution < 1.29 is 14.5 Å². The number of nitrogens with one attached hydrogen (secondary N) is 2. The first-order valence-electron chi connectivity index (χ1n) is 6.11. The van der Waals surface area contributed by atoms with Gasteiger partial charge in [0.1, 0.15) is 5.69 Å². The van der Waals surface area contributed by atoms with Crippen molar-refractivity contribution in [1.29, 1.82) is 0 Å². The largest absolute Gasteiger partial charge is 0.378 e. The van der Waals surface area contributed by atoms with Crippen molar-refractivity contribution >= 4 is 28.9 Å². The number of rotatable bonds is 4. The molecule has 1 saturated heterocycles. The van der Waals surface area contributed by atoms with Crippen LogP contribution in [0.25, 0.3) is 0 Å². The molecule has 1 atom stereocenters. The number of carbonyl (C=O) groups is 1. The van der Waals surface area contributed by atoms with Gasteiger partial charge in [-0.3, -0.25) is 14.9 Å². The number of carbonyl (C=O) groups excluding carboxylic acids is 1. The van der Waals surface area contributed by atoms with Crippen LogP contribution in [-0.4, -0.2) is 36.6 Å². The highest BCUT2D eigenvalue weighted by Crippen LogP contribution is 2.27. The Morgan fingerprint density at radius 1 is 1.60 bits per heavy atom. The molecule has 0 bridgehead atoms. The predicted molar refractivity (Wildman–Crippen MR) is 74.0 cm³/mol. The van der Waals surface area contributed by atoms with Crippen molar-refractivity contribution in [1.82, 2.24) is 5.32 Å². The normalized spacial score (nSPS) is 18.6. The summed E-state index contributed by atoms with van der Waals surface area (Å²) in [6.45, 7) is 1.77. The van der Waals surface area contributed by atoms with E-state index >= 15 is 0 Å². The Bertz CT molecular complexity index is 517. The molecule has 2 rings (SSSR count). The van der Waals surface area contributed by atoms with E-state index in [9.17, 15) is 14.9 Å². The monoisotopic (exact) mass is 299 g/mol. The SMILES string of the molecule is O=C(CC1COCCN1)Nc1ccc(Cl)cc1[N+](=O)[O-]. The van der Waals surface area contributed by atoms with Crippen molar-refractivity contribution in [2.24, 2.45) is 0 Å². The fraction of sp³-hybridized carbons (Fsp3) is 0.417. The molecule has 1 aliphatic rings. The highest BCUT2D eigenvalue weighted by molar-refractivity contribution is 6.31. The number of nitro groups is 1. The number of hydrogen-bond acceptors (Lipinski definition) is 5. The zero-order chi connectivity index (χ0) is 14.5. The Labute approximate surface area is 120 Å². The van der Waals surface area contributed by atoms with Crippen LogP contribution in [0.3, 0.4) is 0 Å². The van der Waals surface area contributed by atoms with Gasteiger partial charge in [0.05, 0.1) is 18.1 Å². The van der Waals surface area contributed by atoms with Gasteiger partial charge in [0.25, 0.3) is 5.69 Å². The zero-order valence-electron chi connectivity index (χ0n) is 10.6. The van der Waals surface area contributed by atoms with Gasteiger partial charge in [-0.15, -0.1) is 0 Å². The molecule has 1 aliphatic heterocycles. The summed E-state index contributed by atoms with van der Waals surface area (Å²) >= 11 is 5.71. The Balaban J connectivity index is 2.01. The van der Waals surface area contributed by atoms with Crippen LogP contribution in [0, 0.1) is 10.1 Å². The van der Waals surface area contributed by atoms with Gasteiger partial charge in [-0.05, 0) is 12.1 Å². The summed E-state index contributed by atoms with van der Waals surface area (Å²) in [6.07, 6.45) is 0.194. The number of nitro benzene ring substituents is 1. The first kappa shape index (κ1) is 14.7. The van der Waals surface area contributed by atoms with Gasteiger partial charge in [0.15, 0.2) is 0 Å². The van der Waals surface area contributed by atoms with E-state index < -0.39 is 4.92 Å². The molecule has 0 spiro atoms. The van der Waals surface area contributed by atoms with Crippen LogP contribution in [0.4, 0.5) is 11.4 Å². The third-order valence-electron chi connectivity index (χ3n) is 2.86. The standard InChI is InChI=1S/C12H14ClN3O4/c13-8-1-2-10(11(5-8)16(18)19)15-12(17)6-9-7-20-4-3-14-9/h1-2,5,9,14H,3-4,6-7H2,(H,15,17). The van der Waals surface area contributed by atoms with Crippen LogP contribution in [0.15, 0.2) is 18.2 Å². The molecule has 0 saturated carbocycles. The average Bonchev–Trinajstić information content (AvgIpc) is 2.41. The number of benzene rings is 1. The van der Waals surface area contributed by atoms with Gasteiger partial charge < -0.3 is 15.4 Å². The van der Waals surface area contributed by atoms with Gasteiger partial charge in [-0.25, -0.2) is 0 Å². The Morgan fingerprint density at radius 2 is 2.40 bits per heavy atom. The average molecular weight is 300 g/mol. The van der Waals surface area contributed by atoms with Crippen LogP contribution in [0.5, 0.6) is 0 Å². The molecule has 20 heavy (non-hydrogen) atoms. The minimum Gasteiger partial charge on any atom is -0.378 e. The van der Waals surface area contributed by atoms with Crippen LogP contribution in [0.1, 0.15) is 6.42 Å². The van der Waals surface area contributed by atoms with Crippen molar-refractivity contribution in [2.75, 3.05) is 25.1 Å². The number of halogens is 1. The number of amides is 1. The molecule has 7 nitrogen and oxygen atoms in total. The quantitative estimate of drug-likeness (QED) is 0.650. The van der Waals surface area contributed by atoms with E-state index in [2.05, 4.69) is 10.6 Å². The first-order valence-corrected chi connectivity index (χ1v) is 6.49. The Kier molecular flexibility index (Phi) is 4.89. The van der Waals surface area contributed by atoms with E-state index in [1.165, 1.54) is 18.2 Å². The maximum Gasteiger partial charge on any atom is 0.294 e. The Hall–Kier alpha value is -1.70. The van der Waals surface area contributed by atoms with Crippen molar-refractivity contribution in [3.05, 3.63) is 33.3 Å². The van der Waals surface area contributed by atoms with Crippen molar-refractivity contribution in [3.8, 4) is 0 Å². The summed E-state index contributed by atoms with van der Waals surface area (Å²) in [6, 6.07) is 4.05. The summed E-state index contributed by atoms with van der Waals surface area (Å²) in [7, 11) is 0. The molecule has 8 heteroatoms. The first-order chi connectivity index (χ1) is 9.56. The van der Waals surface area contributed by atoms with E-state index in [4.69, 9.17) is 16.3 Å². The number of nitrogens with zero attached hydrogens (tertiary/aromatic N) is 1. The van der Waals surface area contributed by atoms with E-state index in [1.807, 2.05) is 0 Å². The maximum absolute atomic E-state index is 11.9. The topological polar surface area (TPSA) is 93.5 Å². The van der Waals surface area contributed by atoms with Crippen molar-refractivity contribution in [2.45, 2.75) is 12.5 Å². The number of ether oxygens (including phenoxy) is 1. The van der Waals surface area contributed by atoms with E-state index in [0.717, 1.165) is 0 Å². The second-order valence-corrected chi connectivity index (χ2v) is 4.83. The molecule has 1 heterocycles. The molecule has 0 aliphatic carbocycles. The molecule has 1 aromatic rings. The van der Waals surface area contributed by atoms with E-state index in [-0.39, 0.29) is 34.8 Å². The fourth-order valence-electron chi connectivity index (χ4n) is 1.94. The second kappa shape index (κ2) is 6.65. The fourth-order valence-corrected chi connectivity index (χ4v) is 2.10. The highest BCUT2D eigenvalue weighted by Gasteiger charge is 2.20. The molecule has 1 fully saturated rings. The maximum atomic E-state index is 11.9. The van der Waals surface area contributed by atoms with Crippen LogP contribution >= 0.6 is 11.6 Å². The molecule has 108 valence electrons. The summed E-state index contributed by atoms with van der Waals surface area (Å²) in [4.78, 5) is 22.2.